The van der Waals surface area contributed by atoms with Crippen LogP contribution in [0.1, 0.15) is 5.56 Å². The van der Waals surface area contributed by atoms with Gasteiger partial charge in [-0.25, -0.2) is 0 Å². The van der Waals surface area contributed by atoms with Crippen molar-refractivity contribution in [2.45, 2.75) is 0 Å². The molecule has 0 saturated carbocycles. The Hall–Kier alpha value is -2.08. The number of thiocarbonyl (C=S) groups is 1. The highest BCUT2D eigenvalue weighted by molar-refractivity contribution is 7.80. The van der Waals surface area contributed by atoms with E-state index < -0.39 is 11.8 Å². The lowest BCUT2D eigenvalue weighted by atomic mass is 10.1. The molecule has 86 valence electrons. The number of carbonyl (C=O) groups is 2. The van der Waals surface area contributed by atoms with Gasteiger partial charge in [-0.3, -0.25) is 24.8 Å². The lowest BCUT2D eigenvalue weighted by Crippen LogP contribution is -2.52. The minimum absolute atomic E-state index is 0.0623. The second-order valence-electron chi connectivity index (χ2n) is 3.46. The van der Waals surface area contributed by atoms with E-state index in [0.717, 1.165) is 5.56 Å². The first kappa shape index (κ1) is 11.4. The topological polar surface area (TPSA) is 62.3 Å². The maximum atomic E-state index is 11.8. The summed E-state index contributed by atoms with van der Waals surface area (Å²) in [6.45, 7) is 0. The molecule has 5 nitrogen and oxygen atoms in total. The average Bonchev–Trinajstić information content (AvgIpc) is 2.33. The molecule has 0 aliphatic carbocycles. The third-order valence-electron chi connectivity index (χ3n) is 2.32. The SMILES string of the molecule is CN1C(=O)/C(=C/c2ccncc2)C(=O)NC1=S. The van der Waals surface area contributed by atoms with Crippen molar-refractivity contribution in [3.63, 3.8) is 0 Å². The predicted octanol–water partition coefficient (Wildman–Crippen LogP) is 0.338. The molecule has 0 atom stereocenters. The molecule has 0 bridgehead atoms. The van der Waals surface area contributed by atoms with Gasteiger partial charge in [0.15, 0.2) is 5.11 Å². The van der Waals surface area contributed by atoms with Crippen LogP contribution < -0.4 is 5.32 Å². The minimum atomic E-state index is -0.477. The van der Waals surface area contributed by atoms with Gasteiger partial charge in [0.1, 0.15) is 5.57 Å². The Balaban J connectivity index is 2.38. The summed E-state index contributed by atoms with van der Waals surface area (Å²) in [5.41, 5.74) is 0.798. The summed E-state index contributed by atoms with van der Waals surface area (Å²) in [6.07, 6.45) is 4.69. The molecule has 1 aliphatic rings. The third kappa shape index (κ3) is 2.21. The fourth-order valence-electron chi connectivity index (χ4n) is 1.37. The zero-order valence-electron chi connectivity index (χ0n) is 9.01. The van der Waals surface area contributed by atoms with Crippen LogP contribution in [-0.4, -0.2) is 33.9 Å². The highest BCUT2D eigenvalue weighted by Gasteiger charge is 2.30. The molecule has 0 radical (unpaired) electrons. The van der Waals surface area contributed by atoms with E-state index in [1.54, 1.807) is 24.5 Å². The Labute approximate surface area is 103 Å². The number of aromatic nitrogens is 1. The number of likely N-dealkylation sites (N-methyl/N-ethyl adjacent to an activating group) is 1. The van der Waals surface area contributed by atoms with Crippen molar-refractivity contribution in [1.82, 2.24) is 15.2 Å². The Morgan fingerprint density at radius 3 is 2.65 bits per heavy atom. The van der Waals surface area contributed by atoms with Gasteiger partial charge in [-0.2, -0.15) is 0 Å². The largest absolute Gasteiger partial charge is 0.298 e. The van der Waals surface area contributed by atoms with E-state index in [1.807, 2.05) is 0 Å². The van der Waals surface area contributed by atoms with E-state index in [9.17, 15) is 9.59 Å². The fraction of sp³-hybridized carbons (Fsp3) is 0.0909. The molecular weight excluding hydrogens is 238 g/mol. The van der Waals surface area contributed by atoms with Gasteiger partial charge >= 0.3 is 0 Å². The van der Waals surface area contributed by atoms with Crippen LogP contribution in [0.15, 0.2) is 30.1 Å². The van der Waals surface area contributed by atoms with Crippen molar-refractivity contribution in [2.24, 2.45) is 0 Å². The number of hydrogen-bond donors (Lipinski definition) is 1. The highest BCUT2D eigenvalue weighted by Crippen LogP contribution is 2.12. The molecule has 17 heavy (non-hydrogen) atoms. The minimum Gasteiger partial charge on any atom is -0.298 e. The first-order valence-electron chi connectivity index (χ1n) is 4.84. The van der Waals surface area contributed by atoms with Crippen molar-refractivity contribution >= 4 is 35.2 Å². The van der Waals surface area contributed by atoms with Gasteiger partial charge in [0, 0.05) is 19.4 Å². The smallest absolute Gasteiger partial charge is 0.265 e. The molecule has 2 heterocycles. The van der Waals surface area contributed by atoms with Gasteiger partial charge in [-0.15, -0.1) is 0 Å². The fourth-order valence-corrected chi connectivity index (χ4v) is 1.55. The average molecular weight is 247 g/mol. The molecule has 0 aromatic carbocycles. The van der Waals surface area contributed by atoms with E-state index in [-0.39, 0.29) is 10.7 Å². The van der Waals surface area contributed by atoms with Crippen molar-refractivity contribution in [3.05, 3.63) is 35.7 Å². The van der Waals surface area contributed by atoms with Crippen molar-refractivity contribution in [2.75, 3.05) is 7.05 Å². The Bertz CT molecular complexity index is 525. The van der Waals surface area contributed by atoms with E-state index in [1.165, 1.54) is 18.0 Å². The maximum absolute atomic E-state index is 11.8. The van der Waals surface area contributed by atoms with E-state index in [0.29, 0.717) is 0 Å². The van der Waals surface area contributed by atoms with Crippen LogP contribution in [0.2, 0.25) is 0 Å². The van der Waals surface area contributed by atoms with Crippen LogP contribution in [0.4, 0.5) is 0 Å². The standard InChI is InChI=1S/C11H9N3O2S/c1-14-10(16)8(9(15)13-11(14)17)6-7-2-4-12-5-3-7/h2-6H,1H3,(H,13,15,17)/b8-6+. The van der Waals surface area contributed by atoms with Crippen LogP contribution in [0.3, 0.4) is 0 Å². The Morgan fingerprint density at radius 2 is 2.00 bits per heavy atom. The summed E-state index contributed by atoms with van der Waals surface area (Å²) < 4.78 is 0. The quantitative estimate of drug-likeness (QED) is 0.441. The zero-order valence-corrected chi connectivity index (χ0v) is 9.82. The van der Waals surface area contributed by atoms with Gasteiger partial charge in [0.25, 0.3) is 11.8 Å². The molecule has 1 fully saturated rings. The summed E-state index contributed by atoms with van der Waals surface area (Å²) in [7, 11) is 1.52. The highest BCUT2D eigenvalue weighted by atomic mass is 32.1. The summed E-state index contributed by atoms with van der Waals surface area (Å²) in [6, 6.07) is 3.42. The number of hydrogen-bond acceptors (Lipinski definition) is 4. The second-order valence-corrected chi connectivity index (χ2v) is 3.85. The molecule has 1 aromatic rings. The summed E-state index contributed by atoms with van der Waals surface area (Å²) in [5, 5.41) is 2.56. The van der Waals surface area contributed by atoms with E-state index >= 15 is 0 Å². The van der Waals surface area contributed by atoms with E-state index in [4.69, 9.17) is 12.2 Å². The molecule has 0 unspecified atom stereocenters. The van der Waals surface area contributed by atoms with Crippen LogP contribution >= 0.6 is 12.2 Å². The lowest BCUT2D eigenvalue weighted by Gasteiger charge is -2.24. The number of nitrogens with zero attached hydrogens (tertiary/aromatic N) is 2. The number of nitrogens with one attached hydrogen (secondary N) is 1. The van der Waals surface area contributed by atoms with Crippen LogP contribution in [0.25, 0.3) is 6.08 Å². The molecule has 1 N–H and O–H groups in total. The van der Waals surface area contributed by atoms with Crippen LogP contribution in [0.5, 0.6) is 0 Å². The summed E-state index contributed by atoms with van der Waals surface area (Å²) in [4.78, 5) is 28.6. The number of carbonyl (C=O) groups excluding carboxylic acids is 2. The number of pyridine rings is 1. The molecule has 1 saturated heterocycles. The Morgan fingerprint density at radius 1 is 1.35 bits per heavy atom. The zero-order chi connectivity index (χ0) is 12.4. The van der Waals surface area contributed by atoms with Gasteiger partial charge in [-0.1, -0.05) is 0 Å². The van der Waals surface area contributed by atoms with Crippen molar-refractivity contribution < 1.29 is 9.59 Å². The molecule has 6 heteroatoms. The van der Waals surface area contributed by atoms with Crippen molar-refractivity contribution in [3.8, 4) is 0 Å². The number of amides is 2. The van der Waals surface area contributed by atoms with Crippen molar-refractivity contribution in [1.29, 1.82) is 0 Å². The lowest BCUT2D eigenvalue weighted by molar-refractivity contribution is -0.128. The number of rotatable bonds is 1. The van der Waals surface area contributed by atoms with Gasteiger partial charge < -0.3 is 0 Å². The molecule has 2 rings (SSSR count). The molecule has 1 aliphatic heterocycles. The van der Waals surface area contributed by atoms with Crippen LogP contribution in [0, 0.1) is 0 Å². The van der Waals surface area contributed by atoms with Gasteiger partial charge in [0.05, 0.1) is 0 Å². The first-order chi connectivity index (χ1) is 8.09. The molecular formula is C11H9N3O2S. The Kier molecular flexibility index (Phi) is 2.97. The third-order valence-corrected chi connectivity index (χ3v) is 2.70. The summed E-state index contributed by atoms with van der Waals surface area (Å²) in [5.74, 6) is -0.884. The maximum Gasteiger partial charge on any atom is 0.265 e. The molecule has 1 aromatic heterocycles. The second kappa shape index (κ2) is 4.42. The van der Waals surface area contributed by atoms with Crippen LogP contribution in [-0.2, 0) is 9.59 Å². The monoisotopic (exact) mass is 247 g/mol. The van der Waals surface area contributed by atoms with Gasteiger partial charge in [-0.05, 0) is 36.0 Å². The molecule has 0 spiro atoms. The predicted molar refractivity (Wildman–Crippen MR) is 65.7 cm³/mol. The van der Waals surface area contributed by atoms with Gasteiger partial charge in [0.2, 0.25) is 0 Å². The van der Waals surface area contributed by atoms with E-state index in [2.05, 4.69) is 10.3 Å². The summed E-state index contributed by atoms with van der Waals surface area (Å²) >= 11 is 4.84. The normalized spacial score (nSPS) is 18.5. The molecule has 2 amide bonds. The first-order valence-corrected chi connectivity index (χ1v) is 5.25.